The van der Waals surface area contributed by atoms with Crippen LogP contribution in [0.15, 0.2) is 6.20 Å². The summed E-state index contributed by atoms with van der Waals surface area (Å²) in [5.41, 5.74) is 0. The monoisotopic (exact) mass is 226 g/mol. The van der Waals surface area contributed by atoms with Gasteiger partial charge in [0, 0.05) is 13.6 Å². The van der Waals surface area contributed by atoms with Crippen molar-refractivity contribution in [2.24, 2.45) is 0 Å². The van der Waals surface area contributed by atoms with Gasteiger partial charge in [-0.05, 0) is 30.9 Å². The van der Waals surface area contributed by atoms with Gasteiger partial charge in [0.1, 0.15) is 0 Å². The molecule has 0 aliphatic carbocycles. The Morgan fingerprint density at radius 2 is 2.67 bits per heavy atom. The fraction of sp³-hybridized carbons (Fsp3) is 0.667. The highest BCUT2D eigenvalue weighted by molar-refractivity contribution is 7.05. The number of likely N-dealkylation sites (N-methyl/N-ethyl adjacent to an activating group) is 1. The maximum Gasteiger partial charge on any atom is 0.237 e. The van der Waals surface area contributed by atoms with Crippen LogP contribution < -0.4 is 5.32 Å². The molecule has 1 aliphatic heterocycles. The number of carbonyl (C=O) groups is 1. The van der Waals surface area contributed by atoms with Gasteiger partial charge >= 0.3 is 0 Å². The number of rotatable bonds is 3. The lowest BCUT2D eigenvalue weighted by atomic mass is 10.2. The van der Waals surface area contributed by atoms with E-state index in [4.69, 9.17) is 0 Å². The minimum atomic E-state index is 0.0251. The second-order valence-electron chi connectivity index (χ2n) is 3.63. The molecule has 15 heavy (non-hydrogen) atoms. The number of carbonyl (C=O) groups excluding carboxylic acids is 1. The van der Waals surface area contributed by atoms with Crippen LogP contribution in [0.4, 0.5) is 0 Å². The van der Waals surface area contributed by atoms with Crippen molar-refractivity contribution in [1.82, 2.24) is 19.8 Å². The first-order valence-corrected chi connectivity index (χ1v) is 5.80. The highest BCUT2D eigenvalue weighted by Crippen LogP contribution is 2.20. The number of likely N-dealkylation sites (tertiary alicyclic amines) is 1. The third kappa shape index (κ3) is 2.32. The quantitative estimate of drug-likeness (QED) is 0.802. The van der Waals surface area contributed by atoms with Crippen LogP contribution in [0.25, 0.3) is 0 Å². The largest absolute Gasteiger partial charge is 0.358 e. The maximum atomic E-state index is 11.6. The smallest absolute Gasteiger partial charge is 0.237 e. The number of aromatic nitrogens is 2. The van der Waals surface area contributed by atoms with E-state index in [-0.39, 0.29) is 11.9 Å². The van der Waals surface area contributed by atoms with Crippen molar-refractivity contribution in [3.05, 3.63) is 11.1 Å². The molecule has 0 radical (unpaired) electrons. The van der Waals surface area contributed by atoms with Gasteiger partial charge in [-0.3, -0.25) is 9.69 Å². The molecule has 0 aromatic carbocycles. The van der Waals surface area contributed by atoms with Crippen LogP contribution in [0, 0.1) is 0 Å². The van der Waals surface area contributed by atoms with E-state index < -0.39 is 0 Å². The Balaban J connectivity index is 1.99. The Hall–Kier alpha value is -1.01. The molecule has 1 aromatic heterocycles. The molecule has 2 heterocycles. The van der Waals surface area contributed by atoms with Crippen molar-refractivity contribution in [3.63, 3.8) is 0 Å². The Kier molecular flexibility index (Phi) is 3.27. The van der Waals surface area contributed by atoms with E-state index in [0.717, 1.165) is 30.8 Å². The van der Waals surface area contributed by atoms with Crippen LogP contribution >= 0.6 is 11.5 Å². The Morgan fingerprint density at radius 3 is 3.33 bits per heavy atom. The lowest BCUT2D eigenvalue weighted by molar-refractivity contribution is -0.125. The first-order valence-electron chi connectivity index (χ1n) is 5.03. The zero-order valence-electron chi connectivity index (χ0n) is 8.64. The van der Waals surface area contributed by atoms with Crippen molar-refractivity contribution < 1.29 is 4.79 Å². The SMILES string of the molecule is CNC(=O)C1CCCN1Cc1cnns1. The van der Waals surface area contributed by atoms with Gasteiger partial charge < -0.3 is 5.32 Å². The molecule has 0 spiro atoms. The summed E-state index contributed by atoms with van der Waals surface area (Å²) in [7, 11) is 1.69. The minimum absolute atomic E-state index is 0.0251. The maximum absolute atomic E-state index is 11.6. The summed E-state index contributed by atoms with van der Waals surface area (Å²) in [4.78, 5) is 14.9. The van der Waals surface area contributed by atoms with Gasteiger partial charge in [0.25, 0.3) is 0 Å². The van der Waals surface area contributed by atoms with Crippen molar-refractivity contribution in [2.45, 2.75) is 25.4 Å². The lowest BCUT2D eigenvalue weighted by Gasteiger charge is -2.21. The molecular weight excluding hydrogens is 212 g/mol. The second kappa shape index (κ2) is 4.67. The third-order valence-electron chi connectivity index (χ3n) is 2.68. The van der Waals surface area contributed by atoms with E-state index in [2.05, 4.69) is 19.8 Å². The summed E-state index contributed by atoms with van der Waals surface area (Å²) in [6.45, 7) is 1.77. The normalized spacial score (nSPS) is 21.8. The highest BCUT2D eigenvalue weighted by Gasteiger charge is 2.30. The molecule has 1 saturated heterocycles. The van der Waals surface area contributed by atoms with Crippen molar-refractivity contribution >= 4 is 17.4 Å². The molecule has 0 saturated carbocycles. The summed E-state index contributed by atoms with van der Waals surface area (Å²) in [6, 6.07) is 0.0251. The molecule has 1 amide bonds. The molecular formula is C9H14N4OS. The van der Waals surface area contributed by atoms with Crippen LogP contribution in [-0.4, -0.2) is 40.0 Å². The Morgan fingerprint density at radius 1 is 1.80 bits per heavy atom. The van der Waals surface area contributed by atoms with Gasteiger partial charge in [0.2, 0.25) is 5.91 Å². The van der Waals surface area contributed by atoms with Crippen LogP contribution in [0.2, 0.25) is 0 Å². The van der Waals surface area contributed by atoms with Gasteiger partial charge in [-0.2, -0.15) is 0 Å². The highest BCUT2D eigenvalue weighted by atomic mass is 32.1. The van der Waals surface area contributed by atoms with Crippen LogP contribution in [0.3, 0.4) is 0 Å². The summed E-state index contributed by atoms with van der Waals surface area (Å²) in [5.74, 6) is 0.116. The van der Waals surface area contributed by atoms with E-state index in [1.54, 1.807) is 13.2 Å². The number of hydrogen-bond acceptors (Lipinski definition) is 5. The van der Waals surface area contributed by atoms with E-state index in [9.17, 15) is 4.79 Å². The standard InChI is InChI=1S/C9H14N4OS/c1-10-9(14)8-3-2-4-13(8)6-7-5-11-12-15-7/h5,8H,2-4,6H2,1H3,(H,10,14). The van der Waals surface area contributed by atoms with Crippen molar-refractivity contribution in [3.8, 4) is 0 Å². The zero-order valence-corrected chi connectivity index (χ0v) is 9.46. The van der Waals surface area contributed by atoms with Crippen LogP contribution in [-0.2, 0) is 11.3 Å². The molecule has 6 heteroatoms. The molecule has 0 bridgehead atoms. The number of nitrogens with one attached hydrogen (secondary N) is 1. The number of nitrogens with zero attached hydrogens (tertiary/aromatic N) is 3. The van der Waals surface area contributed by atoms with Gasteiger partial charge in [0.05, 0.1) is 17.1 Å². The van der Waals surface area contributed by atoms with E-state index in [0.29, 0.717) is 0 Å². The van der Waals surface area contributed by atoms with Crippen LogP contribution in [0.5, 0.6) is 0 Å². The van der Waals surface area contributed by atoms with Gasteiger partial charge in [-0.1, -0.05) is 4.49 Å². The van der Waals surface area contributed by atoms with Crippen molar-refractivity contribution in [1.29, 1.82) is 0 Å². The topological polar surface area (TPSA) is 58.1 Å². The second-order valence-corrected chi connectivity index (χ2v) is 4.50. The average molecular weight is 226 g/mol. The first-order chi connectivity index (χ1) is 7.31. The molecule has 1 aliphatic rings. The molecule has 1 atom stereocenters. The summed E-state index contributed by atoms with van der Waals surface area (Å²) >= 11 is 1.40. The van der Waals surface area contributed by atoms with E-state index in [1.165, 1.54) is 11.5 Å². The molecule has 1 unspecified atom stereocenters. The van der Waals surface area contributed by atoms with Gasteiger partial charge in [-0.25, -0.2) is 0 Å². The predicted molar refractivity (Wildman–Crippen MR) is 57.4 cm³/mol. The number of hydrogen-bond donors (Lipinski definition) is 1. The van der Waals surface area contributed by atoms with Gasteiger partial charge in [0.15, 0.2) is 0 Å². The Labute approximate surface area is 92.6 Å². The summed E-state index contributed by atoms with van der Waals surface area (Å²) in [6.07, 6.45) is 3.81. The Bertz CT molecular complexity index is 327. The predicted octanol–water partition coefficient (Wildman–Crippen LogP) is 0.248. The fourth-order valence-electron chi connectivity index (χ4n) is 1.94. The zero-order chi connectivity index (χ0) is 10.7. The summed E-state index contributed by atoms with van der Waals surface area (Å²) < 4.78 is 3.82. The molecule has 1 aromatic rings. The molecule has 1 fully saturated rings. The minimum Gasteiger partial charge on any atom is -0.358 e. The van der Waals surface area contributed by atoms with Crippen LogP contribution in [0.1, 0.15) is 17.7 Å². The first kappa shape index (κ1) is 10.5. The lowest BCUT2D eigenvalue weighted by Crippen LogP contribution is -2.41. The van der Waals surface area contributed by atoms with Gasteiger partial charge in [-0.15, -0.1) is 5.10 Å². The number of amides is 1. The molecule has 1 N–H and O–H groups in total. The summed E-state index contributed by atoms with van der Waals surface area (Å²) in [5, 5.41) is 6.50. The van der Waals surface area contributed by atoms with E-state index >= 15 is 0 Å². The fourth-order valence-corrected chi connectivity index (χ4v) is 2.45. The third-order valence-corrected chi connectivity index (χ3v) is 3.32. The molecule has 5 nitrogen and oxygen atoms in total. The average Bonchev–Trinajstić information content (AvgIpc) is 2.88. The van der Waals surface area contributed by atoms with Crippen molar-refractivity contribution in [2.75, 3.05) is 13.6 Å². The molecule has 2 rings (SSSR count). The molecule has 82 valence electrons. The van der Waals surface area contributed by atoms with E-state index in [1.807, 2.05) is 0 Å².